The number of hydrogen-bond acceptors (Lipinski definition) is 4. The summed E-state index contributed by atoms with van der Waals surface area (Å²) >= 11 is 4.77. The van der Waals surface area contributed by atoms with Crippen molar-refractivity contribution in [2.45, 2.75) is 9.92 Å². The van der Waals surface area contributed by atoms with Gasteiger partial charge in [-0.25, -0.2) is 9.78 Å². The van der Waals surface area contributed by atoms with E-state index in [1.54, 1.807) is 24.4 Å². The van der Waals surface area contributed by atoms with Gasteiger partial charge in [0.15, 0.2) is 0 Å². The van der Waals surface area contributed by atoms with Gasteiger partial charge in [-0.3, -0.25) is 0 Å². The average Bonchev–Trinajstić information content (AvgIpc) is 2.34. The molecule has 0 aliphatic rings. The summed E-state index contributed by atoms with van der Waals surface area (Å²) in [5, 5.41) is 9.77. The lowest BCUT2D eigenvalue weighted by Gasteiger charge is -2.05. The number of pyridine rings is 1. The molecule has 0 saturated carbocycles. The number of nitrogens with two attached hydrogens (primary N) is 1. The molecule has 3 N–H and O–H groups in total. The lowest BCUT2D eigenvalue weighted by Crippen LogP contribution is -2.02. The van der Waals surface area contributed by atoms with Gasteiger partial charge in [0, 0.05) is 16.8 Å². The molecule has 4 nitrogen and oxygen atoms in total. The van der Waals surface area contributed by atoms with Crippen molar-refractivity contribution in [1.82, 2.24) is 4.98 Å². The molecule has 0 amide bonds. The van der Waals surface area contributed by atoms with Gasteiger partial charge in [-0.1, -0.05) is 11.8 Å². The molecule has 0 spiro atoms. The third kappa shape index (κ3) is 2.83. The Bertz CT molecular complexity index is 604. The molecular formula is C12H9BrN2O2S. The van der Waals surface area contributed by atoms with Gasteiger partial charge in [-0.2, -0.15) is 0 Å². The Morgan fingerprint density at radius 1 is 1.39 bits per heavy atom. The topological polar surface area (TPSA) is 76.2 Å². The summed E-state index contributed by atoms with van der Waals surface area (Å²) < 4.78 is 0.865. The minimum Gasteiger partial charge on any atom is -0.478 e. The van der Waals surface area contributed by atoms with Crippen LogP contribution in [0.1, 0.15) is 10.4 Å². The van der Waals surface area contributed by atoms with Crippen molar-refractivity contribution >= 4 is 39.3 Å². The van der Waals surface area contributed by atoms with Crippen molar-refractivity contribution in [2.24, 2.45) is 0 Å². The van der Waals surface area contributed by atoms with Crippen LogP contribution in [-0.2, 0) is 0 Å². The minimum atomic E-state index is -1.03. The Kier molecular flexibility index (Phi) is 3.88. The first kappa shape index (κ1) is 12.9. The largest absolute Gasteiger partial charge is 0.478 e. The highest BCUT2D eigenvalue weighted by Crippen LogP contribution is 2.32. The second-order valence-corrected chi connectivity index (χ2v) is 5.36. The number of benzene rings is 1. The van der Waals surface area contributed by atoms with Crippen molar-refractivity contribution in [3.63, 3.8) is 0 Å². The molecule has 0 aliphatic carbocycles. The average molecular weight is 325 g/mol. The maximum Gasteiger partial charge on any atom is 0.337 e. The van der Waals surface area contributed by atoms with Gasteiger partial charge >= 0.3 is 5.97 Å². The summed E-state index contributed by atoms with van der Waals surface area (Å²) in [7, 11) is 0. The molecule has 0 bridgehead atoms. The van der Waals surface area contributed by atoms with E-state index in [-0.39, 0.29) is 11.3 Å². The number of aromatic carboxylic acids is 1. The van der Waals surface area contributed by atoms with E-state index in [9.17, 15) is 4.79 Å². The number of rotatable bonds is 3. The maximum absolute atomic E-state index is 11.0. The molecule has 0 atom stereocenters. The number of anilines is 1. The van der Waals surface area contributed by atoms with Gasteiger partial charge in [0.1, 0.15) is 5.03 Å². The van der Waals surface area contributed by atoms with Crippen LogP contribution in [0.25, 0.3) is 0 Å². The molecule has 2 rings (SSSR count). The molecule has 0 fully saturated rings. The standard InChI is InChI=1S/C12H9BrN2O2S/c13-9-2-1-5-15-11(9)18-7-3-4-10(14)8(6-7)12(16)17/h1-6H,14H2,(H,16,17). The van der Waals surface area contributed by atoms with Gasteiger partial charge in [-0.05, 0) is 46.3 Å². The Hall–Kier alpha value is -1.53. The van der Waals surface area contributed by atoms with E-state index in [0.29, 0.717) is 0 Å². The minimum absolute atomic E-state index is 0.104. The molecule has 0 unspecified atom stereocenters. The van der Waals surface area contributed by atoms with Crippen LogP contribution in [0.4, 0.5) is 5.69 Å². The smallest absolute Gasteiger partial charge is 0.337 e. The summed E-state index contributed by atoms with van der Waals surface area (Å²) in [5.41, 5.74) is 5.96. The van der Waals surface area contributed by atoms with Crippen molar-refractivity contribution in [3.8, 4) is 0 Å². The number of nitrogens with zero attached hydrogens (tertiary/aromatic N) is 1. The SMILES string of the molecule is Nc1ccc(Sc2ncccc2Br)cc1C(=O)O. The second-order valence-electron chi connectivity index (χ2n) is 3.45. The molecule has 0 radical (unpaired) electrons. The zero-order valence-corrected chi connectivity index (χ0v) is 11.5. The normalized spacial score (nSPS) is 10.3. The van der Waals surface area contributed by atoms with E-state index < -0.39 is 5.97 Å². The third-order valence-corrected chi connectivity index (χ3v) is 4.11. The molecular weight excluding hydrogens is 316 g/mol. The summed E-state index contributed by atoms with van der Waals surface area (Å²) in [5.74, 6) is -1.03. The molecule has 92 valence electrons. The molecule has 0 saturated heterocycles. The van der Waals surface area contributed by atoms with E-state index in [0.717, 1.165) is 14.4 Å². The van der Waals surface area contributed by atoms with Crippen LogP contribution in [0.2, 0.25) is 0 Å². The summed E-state index contributed by atoms with van der Waals surface area (Å²) in [6, 6.07) is 8.60. The third-order valence-electron chi connectivity index (χ3n) is 2.19. The van der Waals surface area contributed by atoms with Crippen molar-refractivity contribution in [2.75, 3.05) is 5.73 Å². The van der Waals surface area contributed by atoms with Crippen LogP contribution in [0.5, 0.6) is 0 Å². The Morgan fingerprint density at radius 2 is 2.17 bits per heavy atom. The Labute approximate surface area is 116 Å². The fourth-order valence-electron chi connectivity index (χ4n) is 1.34. The molecule has 0 aliphatic heterocycles. The predicted molar refractivity (Wildman–Crippen MR) is 73.9 cm³/mol. The predicted octanol–water partition coefficient (Wildman–Crippen LogP) is 3.28. The van der Waals surface area contributed by atoms with Gasteiger partial charge < -0.3 is 10.8 Å². The van der Waals surface area contributed by atoms with Crippen LogP contribution >= 0.6 is 27.7 Å². The van der Waals surface area contributed by atoms with E-state index in [1.165, 1.54) is 11.8 Å². The lowest BCUT2D eigenvalue weighted by molar-refractivity contribution is 0.0698. The number of carboxylic acids is 1. The number of carbonyl (C=O) groups is 1. The molecule has 1 heterocycles. The molecule has 1 aromatic carbocycles. The summed E-state index contributed by atoms with van der Waals surface area (Å²) in [4.78, 5) is 16.0. The van der Waals surface area contributed by atoms with Crippen LogP contribution in [0.15, 0.2) is 50.9 Å². The zero-order chi connectivity index (χ0) is 13.1. The lowest BCUT2D eigenvalue weighted by atomic mass is 10.2. The van der Waals surface area contributed by atoms with Gasteiger partial charge in [0.2, 0.25) is 0 Å². The van der Waals surface area contributed by atoms with E-state index in [2.05, 4.69) is 20.9 Å². The van der Waals surface area contributed by atoms with E-state index in [1.807, 2.05) is 12.1 Å². The van der Waals surface area contributed by atoms with Gasteiger partial charge in [0.05, 0.1) is 10.0 Å². The van der Waals surface area contributed by atoms with Crippen molar-refractivity contribution in [3.05, 3.63) is 46.6 Å². The Morgan fingerprint density at radius 3 is 2.83 bits per heavy atom. The van der Waals surface area contributed by atoms with E-state index in [4.69, 9.17) is 10.8 Å². The van der Waals surface area contributed by atoms with Crippen molar-refractivity contribution in [1.29, 1.82) is 0 Å². The molecule has 2 aromatic rings. The van der Waals surface area contributed by atoms with Gasteiger partial charge in [-0.15, -0.1) is 0 Å². The molecule has 6 heteroatoms. The van der Waals surface area contributed by atoms with Crippen LogP contribution in [0.3, 0.4) is 0 Å². The van der Waals surface area contributed by atoms with Crippen LogP contribution in [-0.4, -0.2) is 16.1 Å². The highest BCUT2D eigenvalue weighted by molar-refractivity contribution is 9.10. The number of nitrogen functional groups attached to an aromatic ring is 1. The fraction of sp³-hybridized carbons (Fsp3) is 0. The summed E-state index contributed by atoms with van der Waals surface area (Å²) in [6.07, 6.45) is 1.68. The molecule has 18 heavy (non-hydrogen) atoms. The fourth-order valence-corrected chi connectivity index (χ4v) is 2.66. The number of hydrogen-bond donors (Lipinski definition) is 2. The zero-order valence-electron chi connectivity index (χ0n) is 9.13. The number of carboxylic acid groups (broad SMARTS) is 1. The highest BCUT2D eigenvalue weighted by Gasteiger charge is 2.10. The first-order valence-corrected chi connectivity index (χ1v) is 6.60. The monoisotopic (exact) mass is 324 g/mol. The quantitative estimate of drug-likeness (QED) is 0.847. The first-order valence-electron chi connectivity index (χ1n) is 4.99. The van der Waals surface area contributed by atoms with E-state index >= 15 is 0 Å². The Balaban J connectivity index is 2.33. The number of aromatic nitrogens is 1. The first-order chi connectivity index (χ1) is 8.58. The highest BCUT2D eigenvalue weighted by atomic mass is 79.9. The summed E-state index contributed by atoms with van der Waals surface area (Å²) in [6.45, 7) is 0. The van der Waals surface area contributed by atoms with Crippen molar-refractivity contribution < 1.29 is 9.90 Å². The van der Waals surface area contributed by atoms with Gasteiger partial charge in [0.25, 0.3) is 0 Å². The molecule has 1 aromatic heterocycles. The maximum atomic E-state index is 11.0. The second kappa shape index (κ2) is 5.41. The van der Waals surface area contributed by atoms with Crippen LogP contribution < -0.4 is 5.73 Å². The van der Waals surface area contributed by atoms with Crippen LogP contribution in [0, 0.1) is 0 Å². The number of halogens is 1.